The van der Waals surface area contributed by atoms with Gasteiger partial charge in [0.05, 0.1) is 0 Å². The number of nitrogens with one attached hydrogen (secondary N) is 2. The predicted octanol–water partition coefficient (Wildman–Crippen LogP) is 2.48. The number of carbonyl (C=O) groups is 1. The average molecular weight is 199 g/mol. The second-order valence-corrected chi connectivity index (χ2v) is 2.93. The first-order valence-corrected chi connectivity index (χ1v) is 4.40. The number of carbonyl (C=O) groups excluding carboxylic acids is 1. The fourth-order valence-corrected chi connectivity index (χ4v) is 0.995. The molecule has 1 rings (SSSR count). The molecule has 0 radical (unpaired) electrons. The highest BCUT2D eigenvalue weighted by Gasteiger charge is 1.98. The SMILES string of the molecule is CCNC(=O)Nc1ccc(Cl)cc1. The molecule has 0 aliphatic heterocycles. The largest absolute Gasteiger partial charge is 0.338 e. The van der Waals surface area contributed by atoms with Crippen LogP contribution in [0.15, 0.2) is 24.3 Å². The van der Waals surface area contributed by atoms with Crippen molar-refractivity contribution in [2.45, 2.75) is 6.92 Å². The second-order valence-electron chi connectivity index (χ2n) is 2.49. The molecule has 3 nitrogen and oxygen atoms in total. The van der Waals surface area contributed by atoms with E-state index in [0.29, 0.717) is 11.6 Å². The van der Waals surface area contributed by atoms with E-state index in [0.717, 1.165) is 5.69 Å². The molecule has 0 fully saturated rings. The van der Waals surface area contributed by atoms with E-state index in [4.69, 9.17) is 11.6 Å². The molecule has 0 saturated heterocycles. The van der Waals surface area contributed by atoms with Gasteiger partial charge >= 0.3 is 6.03 Å². The summed E-state index contributed by atoms with van der Waals surface area (Å²) in [6.45, 7) is 2.47. The molecule has 0 bridgehead atoms. The van der Waals surface area contributed by atoms with E-state index < -0.39 is 0 Å². The van der Waals surface area contributed by atoms with Crippen molar-refractivity contribution in [2.24, 2.45) is 0 Å². The summed E-state index contributed by atoms with van der Waals surface area (Å²) in [5.74, 6) is 0. The van der Waals surface area contributed by atoms with Gasteiger partial charge in [-0.05, 0) is 31.2 Å². The van der Waals surface area contributed by atoms with Crippen molar-refractivity contribution >= 4 is 23.3 Å². The van der Waals surface area contributed by atoms with E-state index in [2.05, 4.69) is 10.6 Å². The summed E-state index contributed by atoms with van der Waals surface area (Å²) in [7, 11) is 0. The van der Waals surface area contributed by atoms with E-state index in [1.807, 2.05) is 6.92 Å². The number of hydrogen-bond donors (Lipinski definition) is 2. The zero-order valence-corrected chi connectivity index (χ0v) is 8.06. The first-order chi connectivity index (χ1) is 6.22. The van der Waals surface area contributed by atoms with Crippen molar-refractivity contribution < 1.29 is 4.79 Å². The Bertz CT molecular complexity index is 284. The molecule has 2 N–H and O–H groups in total. The van der Waals surface area contributed by atoms with E-state index in [9.17, 15) is 4.79 Å². The maximum Gasteiger partial charge on any atom is 0.319 e. The zero-order chi connectivity index (χ0) is 9.68. The molecule has 1 aromatic rings. The van der Waals surface area contributed by atoms with Crippen molar-refractivity contribution in [1.82, 2.24) is 5.32 Å². The number of halogens is 1. The molecule has 4 heteroatoms. The molecule has 0 aromatic heterocycles. The van der Waals surface area contributed by atoms with E-state index in [1.54, 1.807) is 24.3 Å². The van der Waals surface area contributed by atoms with Gasteiger partial charge in [0.1, 0.15) is 0 Å². The van der Waals surface area contributed by atoms with Gasteiger partial charge in [0.25, 0.3) is 0 Å². The number of urea groups is 1. The van der Waals surface area contributed by atoms with Gasteiger partial charge in [0.15, 0.2) is 0 Å². The quantitative estimate of drug-likeness (QED) is 0.753. The van der Waals surface area contributed by atoms with Gasteiger partial charge in [-0.3, -0.25) is 0 Å². The molecule has 0 aliphatic rings. The van der Waals surface area contributed by atoms with Gasteiger partial charge < -0.3 is 10.6 Å². The fraction of sp³-hybridized carbons (Fsp3) is 0.222. The third-order valence-corrected chi connectivity index (χ3v) is 1.69. The Morgan fingerprint density at radius 2 is 2.00 bits per heavy atom. The Balaban J connectivity index is 2.54. The highest BCUT2D eigenvalue weighted by atomic mass is 35.5. The number of anilines is 1. The van der Waals surface area contributed by atoms with Gasteiger partial charge in [-0.15, -0.1) is 0 Å². The lowest BCUT2D eigenvalue weighted by atomic mass is 10.3. The molecule has 0 spiro atoms. The second kappa shape index (κ2) is 4.72. The van der Waals surface area contributed by atoms with Gasteiger partial charge in [0.2, 0.25) is 0 Å². The van der Waals surface area contributed by atoms with E-state index in [1.165, 1.54) is 0 Å². The summed E-state index contributed by atoms with van der Waals surface area (Å²) in [4.78, 5) is 11.0. The topological polar surface area (TPSA) is 41.1 Å². The van der Waals surface area contributed by atoms with Crippen LogP contribution in [0.25, 0.3) is 0 Å². The molecule has 0 unspecified atom stereocenters. The summed E-state index contributed by atoms with van der Waals surface area (Å²) < 4.78 is 0. The monoisotopic (exact) mass is 198 g/mol. The standard InChI is InChI=1S/C9H11ClN2O/c1-2-11-9(13)12-8-5-3-7(10)4-6-8/h3-6H,2H2,1H3,(H2,11,12,13). The van der Waals surface area contributed by atoms with Crippen LogP contribution >= 0.6 is 11.6 Å². The molecule has 70 valence electrons. The summed E-state index contributed by atoms with van der Waals surface area (Å²) in [6, 6.07) is 6.74. The normalized spacial score (nSPS) is 9.38. The molecule has 2 amide bonds. The van der Waals surface area contributed by atoms with Gasteiger partial charge in [-0.25, -0.2) is 4.79 Å². The van der Waals surface area contributed by atoms with Crippen molar-refractivity contribution in [1.29, 1.82) is 0 Å². The van der Waals surface area contributed by atoms with Crippen LogP contribution in [0.1, 0.15) is 6.92 Å². The minimum absolute atomic E-state index is 0.204. The summed E-state index contributed by atoms with van der Waals surface area (Å²) in [5, 5.41) is 5.94. The lowest BCUT2D eigenvalue weighted by Crippen LogP contribution is -2.28. The van der Waals surface area contributed by atoms with Crippen molar-refractivity contribution in [3.8, 4) is 0 Å². The van der Waals surface area contributed by atoms with Crippen LogP contribution in [-0.2, 0) is 0 Å². The van der Waals surface area contributed by atoms with Gasteiger partial charge in [-0.2, -0.15) is 0 Å². The highest BCUT2D eigenvalue weighted by molar-refractivity contribution is 6.30. The molecular weight excluding hydrogens is 188 g/mol. The minimum Gasteiger partial charge on any atom is -0.338 e. The summed E-state index contributed by atoms with van der Waals surface area (Å²) in [5.41, 5.74) is 0.732. The van der Waals surface area contributed by atoms with E-state index >= 15 is 0 Å². The van der Waals surface area contributed by atoms with Crippen LogP contribution < -0.4 is 10.6 Å². The summed E-state index contributed by atoms with van der Waals surface area (Å²) in [6.07, 6.45) is 0. The molecule has 1 aromatic carbocycles. The third-order valence-electron chi connectivity index (χ3n) is 1.44. The molecule has 0 atom stereocenters. The molecule has 0 heterocycles. The Labute approximate surface area is 82.1 Å². The first kappa shape index (κ1) is 9.86. The Morgan fingerprint density at radius 1 is 1.38 bits per heavy atom. The highest BCUT2D eigenvalue weighted by Crippen LogP contribution is 2.12. The van der Waals surface area contributed by atoms with Crippen molar-refractivity contribution in [3.05, 3.63) is 29.3 Å². The predicted molar refractivity (Wildman–Crippen MR) is 54.1 cm³/mol. The fourth-order valence-electron chi connectivity index (χ4n) is 0.869. The molecule has 13 heavy (non-hydrogen) atoms. The van der Waals surface area contributed by atoms with Crippen molar-refractivity contribution in [2.75, 3.05) is 11.9 Å². The third kappa shape index (κ3) is 3.34. The lowest BCUT2D eigenvalue weighted by molar-refractivity contribution is 0.252. The number of rotatable bonds is 2. The lowest BCUT2D eigenvalue weighted by Gasteiger charge is -2.04. The Morgan fingerprint density at radius 3 is 2.54 bits per heavy atom. The zero-order valence-electron chi connectivity index (χ0n) is 7.30. The van der Waals surface area contributed by atoms with Gasteiger partial charge in [0, 0.05) is 17.3 Å². The van der Waals surface area contributed by atoms with Crippen LogP contribution in [-0.4, -0.2) is 12.6 Å². The molecule has 0 aliphatic carbocycles. The minimum atomic E-state index is -0.204. The van der Waals surface area contributed by atoms with Crippen LogP contribution in [0.5, 0.6) is 0 Å². The number of hydrogen-bond acceptors (Lipinski definition) is 1. The summed E-state index contributed by atoms with van der Waals surface area (Å²) >= 11 is 5.68. The van der Waals surface area contributed by atoms with Crippen LogP contribution in [0.2, 0.25) is 5.02 Å². The number of benzene rings is 1. The number of amides is 2. The maximum atomic E-state index is 11.0. The van der Waals surface area contributed by atoms with Crippen LogP contribution in [0, 0.1) is 0 Å². The van der Waals surface area contributed by atoms with Crippen LogP contribution in [0.4, 0.5) is 10.5 Å². The first-order valence-electron chi connectivity index (χ1n) is 4.03. The Kier molecular flexibility index (Phi) is 3.58. The van der Waals surface area contributed by atoms with Gasteiger partial charge in [-0.1, -0.05) is 11.6 Å². The maximum absolute atomic E-state index is 11.0. The molecular formula is C9H11ClN2O. The van der Waals surface area contributed by atoms with E-state index in [-0.39, 0.29) is 6.03 Å². The van der Waals surface area contributed by atoms with Crippen LogP contribution in [0.3, 0.4) is 0 Å². The molecule has 0 saturated carbocycles. The van der Waals surface area contributed by atoms with Crippen molar-refractivity contribution in [3.63, 3.8) is 0 Å². The Hall–Kier alpha value is -1.22. The average Bonchev–Trinajstić information content (AvgIpc) is 2.09. The smallest absolute Gasteiger partial charge is 0.319 e.